The van der Waals surface area contributed by atoms with Crippen LogP contribution >= 0.6 is 0 Å². The second kappa shape index (κ2) is 5.88. The maximum Gasteiger partial charge on any atom is 0.225 e. The molecule has 2 aromatic rings. The molecule has 0 radical (unpaired) electrons. The van der Waals surface area contributed by atoms with Gasteiger partial charge in [-0.3, -0.25) is 4.79 Å². The van der Waals surface area contributed by atoms with Crippen LogP contribution in [0.25, 0.3) is 11.1 Å². The molecule has 0 fully saturated rings. The number of nitrogens with two attached hydrogens (primary N) is 1. The van der Waals surface area contributed by atoms with Crippen LogP contribution in [0.5, 0.6) is 0 Å². The van der Waals surface area contributed by atoms with Crippen molar-refractivity contribution in [3.63, 3.8) is 0 Å². The van der Waals surface area contributed by atoms with Gasteiger partial charge in [-0.25, -0.2) is 9.97 Å². The van der Waals surface area contributed by atoms with E-state index >= 15 is 0 Å². The maximum absolute atomic E-state index is 11.4. The van der Waals surface area contributed by atoms with Crippen LogP contribution < -0.4 is 11.1 Å². The number of hydrogen-bond donors (Lipinski definition) is 2. The summed E-state index contributed by atoms with van der Waals surface area (Å²) in [6, 6.07) is 7.53. The zero-order valence-corrected chi connectivity index (χ0v) is 9.84. The summed E-state index contributed by atoms with van der Waals surface area (Å²) in [5.41, 5.74) is 7.94. The van der Waals surface area contributed by atoms with Crippen molar-refractivity contribution in [2.45, 2.75) is 6.42 Å². The molecule has 0 aliphatic carbocycles. The Labute approximate surface area is 105 Å². The molecule has 5 nitrogen and oxygen atoms in total. The first-order valence-electron chi connectivity index (χ1n) is 5.65. The van der Waals surface area contributed by atoms with Crippen LogP contribution in [0, 0.1) is 0 Å². The molecule has 0 bridgehead atoms. The largest absolute Gasteiger partial charge is 0.330 e. The molecule has 1 aromatic heterocycles. The lowest BCUT2D eigenvalue weighted by atomic mass is 10.1. The van der Waals surface area contributed by atoms with Crippen LogP contribution in [-0.4, -0.2) is 22.4 Å². The van der Waals surface area contributed by atoms with Gasteiger partial charge in [0.05, 0.1) is 0 Å². The summed E-state index contributed by atoms with van der Waals surface area (Å²) in [5.74, 6) is -0.0843. The molecule has 92 valence electrons. The number of amides is 1. The predicted octanol–water partition coefficient (Wildman–Crippen LogP) is 1.43. The van der Waals surface area contributed by atoms with E-state index in [2.05, 4.69) is 15.3 Å². The molecule has 3 N–H and O–H groups in total. The number of rotatable bonds is 4. The summed E-state index contributed by atoms with van der Waals surface area (Å²) < 4.78 is 0. The van der Waals surface area contributed by atoms with E-state index in [0.29, 0.717) is 13.0 Å². The molecule has 0 aliphatic rings. The third kappa shape index (κ3) is 3.11. The highest BCUT2D eigenvalue weighted by Crippen LogP contribution is 2.20. The lowest BCUT2D eigenvalue weighted by Gasteiger charge is -2.06. The molecule has 5 heteroatoms. The second-order valence-corrected chi connectivity index (χ2v) is 3.79. The van der Waals surface area contributed by atoms with E-state index in [1.165, 1.54) is 6.33 Å². The second-order valence-electron chi connectivity index (χ2n) is 3.79. The average molecular weight is 242 g/mol. The number of anilines is 1. The van der Waals surface area contributed by atoms with Gasteiger partial charge in [-0.1, -0.05) is 12.1 Å². The standard InChI is InChI=1S/C13H14N4O/c14-5-4-13(18)17-12-3-1-2-10(6-12)11-7-15-9-16-8-11/h1-3,6-9H,4-5,14H2,(H,17,18). The first-order valence-corrected chi connectivity index (χ1v) is 5.65. The number of hydrogen-bond acceptors (Lipinski definition) is 4. The van der Waals surface area contributed by atoms with Crippen molar-refractivity contribution >= 4 is 11.6 Å². The molecule has 1 aromatic carbocycles. The summed E-state index contributed by atoms with van der Waals surface area (Å²) >= 11 is 0. The number of nitrogens with zero attached hydrogens (tertiary/aromatic N) is 2. The zero-order valence-electron chi connectivity index (χ0n) is 9.84. The summed E-state index contributed by atoms with van der Waals surface area (Å²) in [6.45, 7) is 0.345. The minimum absolute atomic E-state index is 0.0843. The Morgan fingerprint density at radius 2 is 2.00 bits per heavy atom. The van der Waals surface area contributed by atoms with Gasteiger partial charge in [0.25, 0.3) is 0 Å². The fourth-order valence-corrected chi connectivity index (χ4v) is 1.58. The van der Waals surface area contributed by atoms with Gasteiger partial charge in [-0.15, -0.1) is 0 Å². The van der Waals surface area contributed by atoms with Gasteiger partial charge in [-0.05, 0) is 17.7 Å². The molecule has 1 amide bonds. The number of carbonyl (C=O) groups is 1. The predicted molar refractivity (Wildman–Crippen MR) is 69.8 cm³/mol. The van der Waals surface area contributed by atoms with Gasteiger partial charge in [-0.2, -0.15) is 0 Å². The Morgan fingerprint density at radius 3 is 2.72 bits per heavy atom. The third-order valence-electron chi connectivity index (χ3n) is 2.41. The van der Waals surface area contributed by atoms with Gasteiger partial charge in [0.15, 0.2) is 0 Å². The monoisotopic (exact) mass is 242 g/mol. The summed E-state index contributed by atoms with van der Waals surface area (Å²) in [6.07, 6.45) is 5.26. The van der Waals surface area contributed by atoms with Crippen LogP contribution in [0.3, 0.4) is 0 Å². The number of nitrogens with one attached hydrogen (secondary N) is 1. The van der Waals surface area contributed by atoms with Crippen LogP contribution in [0.4, 0.5) is 5.69 Å². The Morgan fingerprint density at radius 1 is 1.22 bits per heavy atom. The molecule has 0 aliphatic heterocycles. The van der Waals surface area contributed by atoms with Crippen LogP contribution in [-0.2, 0) is 4.79 Å². The van der Waals surface area contributed by atoms with E-state index in [1.54, 1.807) is 12.4 Å². The van der Waals surface area contributed by atoms with Crippen molar-refractivity contribution < 1.29 is 4.79 Å². The van der Waals surface area contributed by atoms with Crippen molar-refractivity contribution in [3.8, 4) is 11.1 Å². The topological polar surface area (TPSA) is 80.9 Å². The highest BCUT2D eigenvalue weighted by Gasteiger charge is 2.03. The van der Waals surface area contributed by atoms with Crippen molar-refractivity contribution in [1.82, 2.24) is 9.97 Å². The molecule has 0 saturated carbocycles. The molecule has 0 unspecified atom stereocenters. The number of carbonyl (C=O) groups excluding carboxylic acids is 1. The summed E-state index contributed by atoms with van der Waals surface area (Å²) in [4.78, 5) is 19.4. The van der Waals surface area contributed by atoms with Crippen LogP contribution in [0.15, 0.2) is 43.0 Å². The SMILES string of the molecule is NCCC(=O)Nc1cccc(-c2cncnc2)c1. The molecular formula is C13H14N4O. The normalized spacial score (nSPS) is 10.1. The zero-order chi connectivity index (χ0) is 12.8. The number of aromatic nitrogens is 2. The Hall–Kier alpha value is -2.27. The van der Waals surface area contributed by atoms with Crippen LogP contribution in [0.1, 0.15) is 6.42 Å². The molecule has 0 atom stereocenters. The van der Waals surface area contributed by atoms with Gasteiger partial charge < -0.3 is 11.1 Å². The minimum Gasteiger partial charge on any atom is -0.330 e. The fraction of sp³-hybridized carbons (Fsp3) is 0.154. The van der Waals surface area contributed by atoms with Crippen molar-refractivity contribution in [2.24, 2.45) is 5.73 Å². The molecule has 2 rings (SSSR count). The number of benzene rings is 1. The Kier molecular flexibility index (Phi) is 3.98. The fourth-order valence-electron chi connectivity index (χ4n) is 1.58. The highest BCUT2D eigenvalue weighted by molar-refractivity contribution is 5.91. The molecule has 18 heavy (non-hydrogen) atoms. The molecule has 1 heterocycles. The lowest BCUT2D eigenvalue weighted by molar-refractivity contribution is -0.116. The van der Waals surface area contributed by atoms with Gasteiger partial charge >= 0.3 is 0 Å². The van der Waals surface area contributed by atoms with Crippen molar-refractivity contribution in [2.75, 3.05) is 11.9 Å². The molecular weight excluding hydrogens is 228 g/mol. The lowest BCUT2D eigenvalue weighted by Crippen LogP contribution is -2.16. The van der Waals surface area contributed by atoms with E-state index in [-0.39, 0.29) is 5.91 Å². The Balaban J connectivity index is 2.18. The quantitative estimate of drug-likeness (QED) is 0.849. The van der Waals surface area contributed by atoms with E-state index in [0.717, 1.165) is 16.8 Å². The molecule has 0 saturated heterocycles. The highest BCUT2D eigenvalue weighted by atomic mass is 16.1. The smallest absolute Gasteiger partial charge is 0.225 e. The first-order chi connectivity index (χ1) is 8.79. The van der Waals surface area contributed by atoms with Gasteiger partial charge in [0.1, 0.15) is 6.33 Å². The average Bonchev–Trinajstić information content (AvgIpc) is 2.40. The minimum atomic E-state index is -0.0843. The molecule has 0 spiro atoms. The van der Waals surface area contributed by atoms with Crippen molar-refractivity contribution in [3.05, 3.63) is 43.0 Å². The first kappa shape index (κ1) is 12.2. The Bertz CT molecular complexity index is 528. The van der Waals surface area contributed by atoms with Crippen LogP contribution in [0.2, 0.25) is 0 Å². The maximum atomic E-state index is 11.4. The summed E-state index contributed by atoms with van der Waals surface area (Å²) in [7, 11) is 0. The third-order valence-corrected chi connectivity index (χ3v) is 2.41. The van der Waals surface area contributed by atoms with E-state index < -0.39 is 0 Å². The van der Waals surface area contributed by atoms with Gasteiger partial charge in [0.2, 0.25) is 5.91 Å². The van der Waals surface area contributed by atoms with Gasteiger partial charge in [0, 0.05) is 36.6 Å². The summed E-state index contributed by atoms with van der Waals surface area (Å²) in [5, 5.41) is 2.79. The van der Waals surface area contributed by atoms with E-state index in [4.69, 9.17) is 5.73 Å². The van der Waals surface area contributed by atoms with E-state index in [1.807, 2.05) is 24.3 Å². The van der Waals surface area contributed by atoms with E-state index in [9.17, 15) is 4.79 Å². The van der Waals surface area contributed by atoms with Crippen molar-refractivity contribution in [1.29, 1.82) is 0 Å².